The number of hydrogen-bond donors (Lipinski definition) is 0. The Labute approximate surface area is 85.3 Å². The molecule has 0 aliphatic rings. The minimum Gasteiger partial charge on any atom is -0.472 e. The van der Waals surface area contributed by atoms with Gasteiger partial charge in [-0.1, -0.05) is 11.6 Å². The molecule has 0 saturated carbocycles. The van der Waals surface area contributed by atoms with Gasteiger partial charge in [0.15, 0.2) is 0 Å². The van der Waals surface area contributed by atoms with Crippen LogP contribution < -0.4 is 0 Å². The molecule has 4 heteroatoms. The zero-order valence-corrected chi connectivity index (χ0v) is 7.86. The van der Waals surface area contributed by atoms with Crippen molar-refractivity contribution in [3.8, 4) is 0 Å². The van der Waals surface area contributed by atoms with Crippen LogP contribution >= 0.6 is 11.6 Å². The van der Waals surface area contributed by atoms with Gasteiger partial charge in [-0.3, -0.25) is 9.78 Å². The molecule has 0 aliphatic carbocycles. The molecule has 2 heterocycles. The number of aromatic nitrogens is 1. The highest BCUT2D eigenvalue weighted by Crippen LogP contribution is 2.11. The minimum atomic E-state index is -0.171. The van der Waals surface area contributed by atoms with Crippen LogP contribution in [-0.4, -0.2) is 10.8 Å². The van der Waals surface area contributed by atoms with Crippen LogP contribution in [0.15, 0.2) is 41.3 Å². The maximum Gasteiger partial charge on any atom is 0.214 e. The summed E-state index contributed by atoms with van der Waals surface area (Å²) >= 11 is 5.65. The summed E-state index contributed by atoms with van der Waals surface area (Å²) in [5, 5.41) is 0.508. The first kappa shape index (κ1) is 8.97. The van der Waals surface area contributed by atoms with Crippen LogP contribution in [0.2, 0.25) is 5.02 Å². The average Bonchev–Trinajstić information content (AvgIpc) is 2.71. The molecule has 14 heavy (non-hydrogen) atoms. The smallest absolute Gasteiger partial charge is 0.214 e. The third-order valence-corrected chi connectivity index (χ3v) is 1.97. The lowest BCUT2D eigenvalue weighted by Gasteiger charge is -1.95. The Balaban J connectivity index is 2.33. The molecule has 0 bridgehead atoms. The summed E-state index contributed by atoms with van der Waals surface area (Å²) in [4.78, 5) is 15.6. The molecule has 0 aromatic carbocycles. The zero-order chi connectivity index (χ0) is 9.97. The lowest BCUT2D eigenvalue weighted by molar-refractivity contribution is 0.103. The summed E-state index contributed by atoms with van der Waals surface area (Å²) in [7, 11) is 0. The third kappa shape index (κ3) is 1.67. The normalized spacial score (nSPS) is 10.1. The predicted molar refractivity (Wildman–Crippen MR) is 51.4 cm³/mol. The monoisotopic (exact) mass is 207 g/mol. The molecule has 0 spiro atoms. The van der Waals surface area contributed by atoms with Crippen LogP contribution in [0.5, 0.6) is 0 Å². The van der Waals surface area contributed by atoms with Crippen molar-refractivity contribution in [2.24, 2.45) is 0 Å². The van der Waals surface area contributed by atoms with Crippen molar-refractivity contribution in [3.05, 3.63) is 53.2 Å². The lowest BCUT2D eigenvalue weighted by atomic mass is 10.1. The van der Waals surface area contributed by atoms with Gasteiger partial charge in [0, 0.05) is 6.20 Å². The van der Waals surface area contributed by atoms with E-state index in [0.717, 1.165) is 0 Å². The summed E-state index contributed by atoms with van der Waals surface area (Å²) in [6, 6.07) is 4.80. The van der Waals surface area contributed by atoms with Gasteiger partial charge in [0.2, 0.25) is 5.78 Å². The molecule has 0 fully saturated rings. The van der Waals surface area contributed by atoms with E-state index in [0.29, 0.717) is 16.3 Å². The SMILES string of the molecule is O=C(c1ccoc1)c1ccc(Cl)cn1. The number of nitrogens with zero attached hydrogens (tertiary/aromatic N) is 1. The van der Waals surface area contributed by atoms with Gasteiger partial charge in [0.25, 0.3) is 0 Å². The molecule has 70 valence electrons. The second-order valence-electron chi connectivity index (χ2n) is 2.70. The van der Waals surface area contributed by atoms with Gasteiger partial charge in [-0.05, 0) is 18.2 Å². The molecule has 0 unspecified atom stereocenters. The number of hydrogen-bond acceptors (Lipinski definition) is 3. The Morgan fingerprint density at radius 2 is 2.21 bits per heavy atom. The lowest BCUT2D eigenvalue weighted by Crippen LogP contribution is -2.01. The van der Waals surface area contributed by atoms with Crippen molar-refractivity contribution in [1.29, 1.82) is 0 Å². The van der Waals surface area contributed by atoms with Crippen LogP contribution in [0.1, 0.15) is 16.1 Å². The first-order valence-corrected chi connectivity index (χ1v) is 4.33. The predicted octanol–water partition coefficient (Wildman–Crippen LogP) is 2.56. The van der Waals surface area contributed by atoms with Crippen LogP contribution in [0.25, 0.3) is 0 Å². The molecule has 0 amide bonds. The summed E-state index contributed by atoms with van der Waals surface area (Å²) < 4.78 is 4.81. The Hall–Kier alpha value is -1.61. The topological polar surface area (TPSA) is 43.1 Å². The fraction of sp³-hybridized carbons (Fsp3) is 0. The first-order chi connectivity index (χ1) is 6.77. The Kier molecular flexibility index (Phi) is 2.33. The molecule has 2 aromatic heterocycles. The van der Waals surface area contributed by atoms with E-state index in [1.165, 1.54) is 18.7 Å². The van der Waals surface area contributed by atoms with E-state index in [1.807, 2.05) is 0 Å². The Morgan fingerprint density at radius 3 is 2.79 bits per heavy atom. The van der Waals surface area contributed by atoms with E-state index in [-0.39, 0.29) is 5.78 Å². The maximum atomic E-state index is 11.7. The number of pyridine rings is 1. The molecule has 2 rings (SSSR count). The Bertz CT molecular complexity index is 434. The van der Waals surface area contributed by atoms with Crippen molar-refractivity contribution in [1.82, 2.24) is 4.98 Å². The van der Waals surface area contributed by atoms with E-state index >= 15 is 0 Å². The van der Waals surface area contributed by atoms with Crippen LogP contribution in [0, 0.1) is 0 Å². The number of rotatable bonds is 2. The molecule has 0 atom stereocenters. The van der Waals surface area contributed by atoms with E-state index < -0.39 is 0 Å². The number of halogens is 1. The van der Waals surface area contributed by atoms with Crippen molar-refractivity contribution in [2.75, 3.05) is 0 Å². The van der Waals surface area contributed by atoms with E-state index in [4.69, 9.17) is 16.0 Å². The van der Waals surface area contributed by atoms with Crippen LogP contribution in [-0.2, 0) is 0 Å². The van der Waals surface area contributed by atoms with E-state index in [1.54, 1.807) is 18.2 Å². The summed E-state index contributed by atoms with van der Waals surface area (Å²) in [6.45, 7) is 0. The number of carbonyl (C=O) groups is 1. The van der Waals surface area contributed by atoms with E-state index in [9.17, 15) is 4.79 Å². The molecule has 0 aliphatic heterocycles. The Morgan fingerprint density at radius 1 is 1.36 bits per heavy atom. The summed E-state index contributed by atoms with van der Waals surface area (Å²) in [5.74, 6) is -0.171. The highest BCUT2D eigenvalue weighted by atomic mass is 35.5. The molecule has 0 saturated heterocycles. The second kappa shape index (κ2) is 3.64. The van der Waals surface area contributed by atoms with Gasteiger partial charge in [-0.15, -0.1) is 0 Å². The molecule has 0 N–H and O–H groups in total. The molecular formula is C10H6ClNO2. The fourth-order valence-electron chi connectivity index (χ4n) is 1.05. The van der Waals surface area contributed by atoms with Gasteiger partial charge in [0.1, 0.15) is 12.0 Å². The standard InChI is InChI=1S/C10H6ClNO2/c11-8-1-2-9(12-5-8)10(13)7-3-4-14-6-7/h1-6H. The van der Waals surface area contributed by atoms with Gasteiger partial charge >= 0.3 is 0 Å². The molecular weight excluding hydrogens is 202 g/mol. The second-order valence-corrected chi connectivity index (χ2v) is 3.14. The van der Waals surface area contributed by atoms with Crippen LogP contribution in [0.3, 0.4) is 0 Å². The van der Waals surface area contributed by atoms with Crippen molar-refractivity contribution in [2.45, 2.75) is 0 Å². The van der Waals surface area contributed by atoms with Gasteiger partial charge in [0.05, 0.1) is 16.8 Å². The molecule has 0 radical (unpaired) electrons. The number of furan rings is 1. The highest BCUT2D eigenvalue weighted by molar-refractivity contribution is 6.30. The first-order valence-electron chi connectivity index (χ1n) is 3.96. The summed E-state index contributed by atoms with van der Waals surface area (Å²) in [5.41, 5.74) is 0.843. The highest BCUT2D eigenvalue weighted by Gasteiger charge is 2.10. The minimum absolute atomic E-state index is 0.171. The van der Waals surface area contributed by atoms with Gasteiger partial charge < -0.3 is 4.42 Å². The summed E-state index contributed by atoms with van der Waals surface area (Å²) in [6.07, 6.45) is 4.27. The number of ketones is 1. The molecule has 3 nitrogen and oxygen atoms in total. The quantitative estimate of drug-likeness (QED) is 0.711. The number of carbonyl (C=O) groups excluding carboxylic acids is 1. The van der Waals surface area contributed by atoms with Crippen molar-refractivity contribution >= 4 is 17.4 Å². The largest absolute Gasteiger partial charge is 0.472 e. The van der Waals surface area contributed by atoms with Gasteiger partial charge in [-0.2, -0.15) is 0 Å². The average molecular weight is 208 g/mol. The third-order valence-electron chi connectivity index (χ3n) is 1.74. The van der Waals surface area contributed by atoms with E-state index in [2.05, 4.69) is 4.98 Å². The maximum absolute atomic E-state index is 11.7. The molecule has 2 aromatic rings. The van der Waals surface area contributed by atoms with Crippen molar-refractivity contribution in [3.63, 3.8) is 0 Å². The van der Waals surface area contributed by atoms with Crippen molar-refractivity contribution < 1.29 is 9.21 Å². The fourth-order valence-corrected chi connectivity index (χ4v) is 1.16. The van der Waals surface area contributed by atoms with Crippen LogP contribution in [0.4, 0.5) is 0 Å². The van der Waals surface area contributed by atoms with Gasteiger partial charge in [-0.25, -0.2) is 0 Å². The zero-order valence-electron chi connectivity index (χ0n) is 7.11.